The molecule has 0 radical (unpaired) electrons. The first-order valence-electron chi connectivity index (χ1n) is 7.50. The van der Waals surface area contributed by atoms with E-state index in [1.807, 2.05) is 30.5 Å². The van der Waals surface area contributed by atoms with Gasteiger partial charge in [0, 0.05) is 30.1 Å². The Morgan fingerprint density at radius 3 is 2.74 bits per heavy atom. The number of aromatic nitrogens is 3. The molecule has 0 aromatic carbocycles. The van der Waals surface area contributed by atoms with Crippen molar-refractivity contribution < 1.29 is 4.42 Å². The number of rotatable bonds is 4. The van der Waals surface area contributed by atoms with Crippen molar-refractivity contribution in [2.45, 2.75) is 35.3 Å². The van der Waals surface area contributed by atoms with Crippen LogP contribution < -0.4 is 0 Å². The van der Waals surface area contributed by atoms with Gasteiger partial charge in [-0.25, -0.2) is 9.97 Å². The number of halogens is 1. The summed E-state index contributed by atoms with van der Waals surface area (Å²) in [4.78, 5) is 13.2. The van der Waals surface area contributed by atoms with E-state index in [-0.39, 0.29) is 0 Å². The standard InChI is InChI=1S/C17H14ClN3OS/c18-13-6-7-14(20-10-13)23-17-15(12-5-2-8-19-9-12)21-16(22-17)11-3-1-4-11/h2,5-11H,1,3-4H2. The van der Waals surface area contributed by atoms with Crippen molar-refractivity contribution >= 4 is 23.4 Å². The molecule has 3 heterocycles. The highest BCUT2D eigenvalue weighted by molar-refractivity contribution is 7.99. The van der Waals surface area contributed by atoms with Crippen molar-refractivity contribution in [3.8, 4) is 11.3 Å². The Hall–Kier alpha value is -1.85. The van der Waals surface area contributed by atoms with Crippen LogP contribution in [0.2, 0.25) is 5.02 Å². The van der Waals surface area contributed by atoms with E-state index in [4.69, 9.17) is 21.0 Å². The summed E-state index contributed by atoms with van der Waals surface area (Å²) in [6, 6.07) is 7.60. The molecule has 0 aliphatic heterocycles. The molecular formula is C17H14ClN3OS. The number of pyridine rings is 2. The maximum atomic E-state index is 6.06. The maximum absolute atomic E-state index is 6.06. The van der Waals surface area contributed by atoms with Gasteiger partial charge in [0.15, 0.2) is 11.0 Å². The van der Waals surface area contributed by atoms with Gasteiger partial charge in [0.05, 0.1) is 5.02 Å². The molecule has 6 heteroatoms. The molecule has 4 nitrogen and oxygen atoms in total. The Kier molecular flexibility index (Phi) is 4.06. The molecule has 1 fully saturated rings. The molecule has 1 aliphatic carbocycles. The topological polar surface area (TPSA) is 51.8 Å². The smallest absolute Gasteiger partial charge is 0.199 e. The van der Waals surface area contributed by atoms with Crippen molar-refractivity contribution in [2.75, 3.05) is 0 Å². The third kappa shape index (κ3) is 3.12. The fourth-order valence-corrected chi connectivity index (χ4v) is 3.35. The first-order valence-corrected chi connectivity index (χ1v) is 8.69. The van der Waals surface area contributed by atoms with Gasteiger partial charge in [-0.15, -0.1) is 0 Å². The van der Waals surface area contributed by atoms with Crippen LogP contribution in [0.1, 0.15) is 31.1 Å². The zero-order valence-electron chi connectivity index (χ0n) is 12.3. The fraction of sp³-hybridized carbons (Fsp3) is 0.235. The van der Waals surface area contributed by atoms with Crippen LogP contribution in [-0.4, -0.2) is 15.0 Å². The first kappa shape index (κ1) is 14.7. The van der Waals surface area contributed by atoms with Crippen LogP contribution in [-0.2, 0) is 0 Å². The lowest BCUT2D eigenvalue weighted by Gasteiger charge is -2.21. The molecule has 1 aliphatic rings. The molecule has 4 rings (SSSR count). The second kappa shape index (κ2) is 6.34. The summed E-state index contributed by atoms with van der Waals surface area (Å²) >= 11 is 7.36. The quantitative estimate of drug-likeness (QED) is 0.651. The molecule has 23 heavy (non-hydrogen) atoms. The van der Waals surface area contributed by atoms with Crippen LogP contribution in [0.25, 0.3) is 11.3 Å². The van der Waals surface area contributed by atoms with Crippen molar-refractivity contribution in [1.29, 1.82) is 0 Å². The summed E-state index contributed by atoms with van der Waals surface area (Å²) in [5.41, 5.74) is 1.79. The van der Waals surface area contributed by atoms with E-state index in [9.17, 15) is 0 Å². The monoisotopic (exact) mass is 343 g/mol. The lowest BCUT2D eigenvalue weighted by atomic mass is 9.85. The summed E-state index contributed by atoms with van der Waals surface area (Å²) in [6.07, 6.45) is 8.74. The average Bonchev–Trinajstić information content (AvgIpc) is 2.92. The third-order valence-electron chi connectivity index (χ3n) is 3.90. The molecule has 0 N–H and O–H groups in total. The van der Waals surface area contributed by atoms with Gasteiger partial charge in [-0.2, -0.15) is 0 Å². The molecule has 3 aromatic heterocycles. The number of hydrogen-bond acceptors (Lipinski definition) is 5. The molecule has 0 unspecified atom stereocenters. The van der Waals surface area contributed by atoms with Crippen molar-refractivity contribution in [3.05, 3.63) is 53.8 Å². The van der Waals surface area contributed by atoms with Gasteiger partial charge in [-0.1, -0.05) is 18.0 Å². The molecule has 1 saturated carbocycles. The van der Waals surface area contributed by atoms with Gasteiger partial charge in [-0.3, -0.25) is 4.98 Å². The van der Waals surface area contributed by atoms with E-state index >= 15 is 0 Å². The van der Waals surface area contributed by atoms with Gasteiger partial charge in [0.25, 0.3) is 0 Å². The van der Waals surface area contributed by atoms with E-state index < -0.39 is 0 Å². The Balaban J connectivity index is 1.71. The average molecular weight is 344 g/mol. The highest BCUT2D eigenvalue weighted by Gasteiger charge is 2.27. The zero-order chi connectivity index (χ0) is 15.6. The van der Waals surface area contributed by atoms with E-state index in [1.165, 1.54) is 18.2 Å². The number of hydrogen-bond donors (Lipinski definition) is 0. The lowest BCUT2D eigenvalue weighted by molar-refractivity contribution is 0.312. The van der Waals surface area contributed by atoms with Gasteiger partial charge < -0.3 is 4.42 Å². The second-order valence-electron chi connectivity index (χ2n) is 5.47. The second-order valence-corrected chi connectivity index (χ2v) is 6.90. The summed E-state index contributed by atoms with van der Waals surface area (Å²) in [7, 11) is 0. The summed E-state index contributed by atoms with van der Waals surface area (Å²) < 4.78 is 6.06. The van der Waals surface area contributed by atoms with Crippen molar-refractivity contribution in [3.63, 3.8) is 0 Å². The molecule has 0 bridgehead atoms. The predicted octanol–water partition coefficient (Wildman–Crippen LogP) is 5.20. The van der Waals surface area contributed by atoms with Gasteiger partial charge in [-0.05, 0) is 48.9 Å². The van der Waals surface area contributed by atoms with E-state index in [1.54, 1.807) is 12.4 Å². The van der Waals surface area contributed by atoms with E-state index in [0.717, 1.165) is 40.1 Å². The molecule has 0 spiro atoms. The molecule has 3 aromatic rings. The zero-order valence-corrected chi connectivity index (χ0v) is 13.8. The fourth-order valence-electron chi connectivity index (χ4n) is 2.42. The van der Waals surface area contributed by atoms with Crippen molar-refractivity contribution in [2.24, 2.45) is 0 Å². The maximum Gasteiger partial charge on any atom is 0.199 e. The van der Waals surface area contributed by atoms with E-state index in [0.29, 0.717) is 10.9 Å². The minimum absolute atomic E-state index is 0.443. The van der Waals surface area contributed by atoms with Gasteiger partial charge in [0.2, 0.25) is 0 Å². The molecular weight excluding hydrogens is 330 g/mol. The van der Waals surface area contributed by atoms with Crippen LogP contribution in [0.5, 0.6) is 0 Å². The van der Waals surface area contributed by atoms with Gasteiger partial charge in [0.1, 0.15) is 10.7 Å². The Labute approximate surface area is 143 Å². The highest BCUT2D eigenvalue weighted by Crippen LogP contribution is 2.42. The van der Waals surface area contributed by atoms with Crippen LogP contribution >= 0.6 is 23.4 Å². The van der Waals surface area contributed by atoms with Crippen LogP contribution in [0, 0.1) is 0 Å². The minimum atomic E-state index is 0.443. The molecule has 0 atom stereocenters. The summed E-state index contributed by atoms with van der Waals surface area (Å²) in [5, 5.41) is 2.21. The SMILES string of the molecule is Clc1ccc(Sc2oc(C3CCC3)nc2-c2cccnc2)nc1. The first-order chi connectivity index (χ1) is 11.3. The largest absolute Gasteiger partial charge is 0.433 e. The molecule has 116 valence electrons. The number of nitrogens with zero attached hydrogens (tertiary/aromatic N) is 3. The normalized spacial score (nSPS) is 14.7. The van der Waals surface area contributed by atoms with Crippen LogP contribution in [0.4, 0.5) is 0 Å². The highest BCUT2D eigenvalue weighted by atomic mass is 35.5. The van der Waals surface area contributed by atoms with Gasteiger partial charge >= 0.3 is 0 Å². The number of oxazole rings is 1. The molecule has 0 amide bonds. The van der Waals surface area contributed by atoms with E-state index in [2.05, 4.69) is 9.97 Å². The lowest BCUT2D eigenvalue weighted by Crippen LogP contribution is -2.08. The van der Waals surface area contributed by atoms with Crippen LogP contribution in [0.15, 0.2) is 57.4 Å². The Bertz CT molecular complexity index is 800. The Morgan fingerprint density at radius 1 is 1.17 bits per heavy atom. The predicted molar refractivity (Wildman–Crippen MR) is 89.7 cm³/mol. The minimum Gasteiger partial charge on any atom is -0.433 e. The van der Waals surface area contributed by atoms with Crippen LogP contribution in [0.3, 0.4) is 0 Å². The van der Waals surface area contributed by atoms with Crippen molar-refractivity contribution in [1.82, 2.24) is 15.0 Å². The summed E-state index contributed by atoms with van der Waals surface area (Å²) in [5.74, 6) is 1.27. The molecule has 0 saturated heterocycles. The summed E-state index contributed by atoms with van der Waals surface area (Å²) in [6.45, 7) is 0. The Morgan fingerprint density at radius 2 is 2.09 bits per heavy atom. The third-order valence-corrected chi connectivity index (χ3v) is 5.04.